The van der Waals surface area contributed by atoms with Gasteiger partial charge in [0.05, 0.1) is 12.0 Å². The van der Waals surface area contributed by atoms with E-state index in [1.807, 2.05) is 42.5 Å². The Balaban J connectivity index is 1.74. The van der Waals surface area contributed by atoms with E-state index in [0.29, 0.717) is 11.4 Å². The van der Waals surface area contributed by atoms with E-state index in [-0.39, 0.29) is 18.0 Å². The summed E-state index contributed by atoms with van der Waals surface area (Å²) in [5.41, 5.74) is 1.84. The van der Waals surface area contributed by atoms with Gasteiger partial charge in [-0.1, -0.05) is 52.3 Å². The number of hydrogen-bond donors (Lipinski definition) is 1. The standard InChI is InChI=1S/C18H14BrN3O2/c19-14-7-4-8-15(9-14)21-17(23)11-22-12-20-16(10-18(22)24)13-5-2-1-3-6-13/h1-10,12H,11H2,(H,21,23). The molecule has 6 heteroatoms. The number of anilines is 1. The van der Waals surface area contributed by atoms with Crippen LogP contribution in [-0.4, -0.2) is 15.5 Å². The van der Waals surface area contributed by atoms with Crippen molar-refractivity contribution in [3.63, 3.8) is 0 Å². The molecule has 0 fully saturated rings. The molecule has 24 heavy (non-hydrogen) atoms. The Morgan fingerprint density at radius 2 is 1.88 bits per heavy atom. The molecule has 1 aromatic heterocycles. The number of hydrogen-bond acceptors (Lipinski definition) is 3. The van der Waals surface area contributed by atoms with Crippen molar-refractivity contribution in [3.05, 3.63) is 81.8 Å². The molecule has 2 aromatic carbocycles. The number of rotatable bonds is 4. The zero-order valence-electron chi connectivity index (χ0n) is 12.6. The van der Waals surface area contributed by atoms with Gasteiger partial charge in [-0.2, -0.15) is 0 Å². The van der Waals surface area contributed by atoms with Crippen LogP contribution in [0.15, 0.2) is 76.3 Å². The second-order valence-corrected chi connectivity index (χ2v) is 6.08. The van der Waals surface area contributed by atoms with Crippen molar-refractivity contribution >= 4 is 27.5 Å². The summed E-state index contributed by atoms with van der Waals surface area (Å²) in [6.45, 7) is -0.0899. The highest BCUT2D eigenvalue weighted by atomic mass is 79.9. The topological polar surface area (TPSA) is 64.0 Å². The van der Waals surface area contributed by atoms with E-state index in [0.717, 1.165) is 10.0 Å². The van der Waals surface area contributed by atoms with Crippen molar-refractivity contribution in [3.8, 4) is 11.3 Å². The van der Waals surface area contributed by atoms with Crippen LogP contribution in [0.1, 0.15) is 0 Å². The molecule has 0 radical (unpaired) electrons. The Bertz CT molecular complexity index is 923. The van der Waals surface area contributed by atoms with Crippen LogP contribution in [0, 0.1) is 0 Å². The van der Waals surface area contributed by atoms with E-state index in [2.05, 4.69) is 26.2 Å². The predicted octanol–water partition coefficient (Wildman–Crippen LogP) is 3.31. The van der Waals surface area contributed by atoms with Crippen LogP contribution in [0.4, 0.5) is 5.69 Å². The number of nitrogens with zero attached hydrogens (tertiary/aromatic N) is 2. The first-order valence-electron chi connectivity index (χ1n) is 7.29. The molecule has 5 nitrogen and oxygen atoms in total. The van der Waals surface area contributed by atoms with Gasteiger partial charge in [-0.15, -0.1) is 0 Å². The zero-order valence-corrected chi connectivity index (χ0v) is 14.2. The number of aromatic nitrogens is 2. The summed E-state index contributed by atoms with van der Waals surface area (Å²) < 4.78 is 2.14. The average Bonchev–Trinajstić information content (AvgIpc) is 2.57. The monoisotopic (exact) mass is 383 g/mol. The summed E-state index contributed by atoms with van der Waals surface area (Å²) >= 11 is 3.34. The van der Waals surface area contributed by atoms with Crippen molar-refractivity contribution in [1.29, 1.82) is 0 Å². The number of benzene rings is 2. The van der Waals surface area contributed by atoms with Gasteiger partial charge in [0, 0.05) is 21.8 Å². The van der Waals surface area contributed by atoms with Crippen LogP contribution >= 0.6 is 15.9 Å². The molecule has 1 N–H and O–H groups in total. The van der Waals surface area contributed by atoms with E-state index in [4.69, 9.17) is 0 Å². The number of halogens is 1. The second kappa shape index (κ2) is 7.23. The van der Waals surface area contributed by atoms with Gasteiger partial charge in [-0.25, -0.2) is 4.98 Å². The van der Waals surface area contributed by atoms with Gasteiger partial charge in [0.25, 0.3) is 5.56 Å². The van der Waals surface area contributed by atoms with E-state index >= 15 is 0 Å². The molecule has 3 rings (SSSR count). The quantitative estimate of drug-likeness (QED) is 0.751. The lowest BCUT2D eigenvalue weighted by molar-refractivity contribution is -0.116. The molecule has 1 heterocycles. The fraction of sp³-hybridized carbons (Fsp3) is 0.0556. The third kappa shape index (κ3) is 3.97. The largest absolute Gasteiger partial charge is 0.324 e. The Kier molecular flexibility index (Phi) is 4.86. The molecule has 1 amide bonds. The molecular weight excluding hydrogens is 370 g/mol. The third-order valence-electron chi connectivity index (χ3n) is 3.37. The molecule has 3 aromatic rings. The molecule has 0 spiro atoms. The number of amides is 1. The van der Waals surface area contributed by atoms with Crippen LogP contribution in [0.25, 0.3) is 11.3 Å². The summed E-state index contributed by atoms with van der Waals surface area (Å²) in [5.74, 6) is -0.288. The summed E-state index contributed by atoms with van der Waals surface area (Å²) in [7, 11) is 0. The molecule has 0 unspecified atom stereocenters. The first-order valence-corrected chi connectivity index (χ1v) is 8.08. The molecule has 0 aliphatic rings. The van der Waals surface area contributed by atoms with Gasteiger partial charge < -0.3 is 5.32 Å². The smallest absolute Gasteiger partial charge is 0.254 e. The van der Waals surface area contributed by atoms with Crippen LogP contribution < -0.4 is 10.9 Å². The lowest BCUT2D eigenvalue weighted by atomic mass is 10.1. The fourth-order valence-electron chi connectivity index (χ4n) is 2.23. The predicted molar refractivity (Wildman–Crippen MR) is 96.7 cm³/mol. The zero-order chi connectivity index (χ0) is 16.9. The van der Waals surface area contributed by atoms with Gasteiger partial charge in [0.1, 0.15) is 6.54 Å². The fourth-order valence-corrected chi connectivity index (χ4v) is 2.63. The van der Waals surface area contributed by atoms with Crippen LogP contribution in [0.3, 0.4) is 0 Å². The lowest BCUT2D eigenvalue weighted by Crippen LogP contribution is -2.27. The molecule has 120 valence electrons. The minimum atomic E-state index is -0.288. The Labute approximate surface area is 147 Å². The molecule has 0 atom stereocenters. The summed E-state index contributed by atoms with van der Waals surface area (Å²) in [4.78, 5) is 28.5. The van der Waals surface area contributed by atoms with Crippen LogP contribution in [0.2, 0.25) is 0 Å². The molecular formula is C18H14BrN3O2. The van der Waals surface area contributed by atoms with Crippen molar-refractivity contribution in [2.75, 3.05) is 5.32 Å². The Morgan fingerprint density at radius 1 is 1.08 bits per heavy atom. The first kappa shape index (κ1) is 16.1. The van der Waals surface area contributed by atoms with Gasteiger partial charge in [0.15, 0.2) is 0 Å². The molecule has 0 bridgehead atoms. The number of carbonyl (C=O) groups is 1. The van der Waals surface area contributed by atoms with E-state index in [9.17, 15) is 9.59 Å². The van der Waals surface area contributed by atoms with E-state index < -0.39 is 0 Å². The van der Waals surface area contributed by atoms with Gasteiger partial charge >= 0.3 is 0 Å². The summed E-state index contributed by atoms with van der Waals surface area (Å²) in [6, 6.07) is 18.1. The number of nitrogens with one attached hydrogen (secondary N) is 1. The normalized spacial score (nSPS) is 10.4. The SMILES string of the molecule is O=C(Cn1cnc(-c2ccccc2)cc1=O)Nc1cccc(Br)c1. The van der Waals surface area contributed by atoms with Crippen molar-refractivity contribution < 1.29 is 4.79 Å². The molecule has 0 aliphatic carbocycles. The van der Waals surface area contributed by atoms with Crippen molar-refractivity contribution in [2.45, 2.75) is 6.54 Å². The average molecular weight is 384 g/mol. The lowest BCUT2D eigenvalue weighted by Gasteiger charge is -2.08. The minimum Gasteiger partial charge on any atom is -0.324 e. The van der Waals surface area contributed by atoms with Gasteiger partial charge in [-0.3, -0.25) is 14.2 Å². The second-order valence-electron chi connectivity index (χ2n) is 5.16. The highest BCUT2D eigenvalue weighted by Crippen LogP contribution is 2.16. The summed E-state index contributed by atoms with van der Waals surface area (Å²) in [5, 5.41) is 2.75. The maximum Gasteiger partial charge on any atom is 0.254 e. The van der Waals surface area contributed by atoms with E-state index in [1.165, 1.54) is 17.0 Å². The van der Waals surface area contributed by atoms with Crippen molar-refractivity contribution in [1.82, 2.24) is 9.55 Å². The highest BCUT2D eigenvalue weighted by molar-refractivity contribution is 9.10. The molecule has 0 saturated heterocycles. The van der Waals surface area contributed by atoms with Gasteiger partial charge in [0.2, 0.25) is 5.91 Å². The van der Waals surface area contributed by atoms with Crippen LogP contribution in [0.5, 0.6) is 0 Å². The Morgan fingerprint density at radius 3 is 2.58 bits per heavy atom. The molecule has 0 saturated carbocycles. The van der Waals surface area contributed by atoms with Crippen molar-refractivity contribution in [2.24, 2.45) is 0 Å². The maximum atomic E-state index is 12.2. The minimum absolute atomic E-state index is 0.0899. The molecule has 0 aliphatic heterocycles. The third-order valence-corrected chi connectivity index (χ3v) is 3.86. The highest BCUT2D eigenvalue weighted by Gasteiger charge is 2.07. The number of carbonyl (C=O) groups excluding carboxylic acids is 1. The Hall–Kier alpha value is -2.73. The van der Waals surface area contributed by atoms with Gasteiger partial charge in [-0.05, 0) is 18.2 Å². The first-order chi connectivity index (χ1) is 11.6. The maximum absolute atomic E-state index is 12.2. The van der Waals surface area contributed by atoms with Crippen LogP contribution in [-0.2, 0) is 11.3 Å². The van der Waals surface area contributed by atoms with E-state index in [1.54, 1.807) is 12.1 Å². The summed E-state index contributed by atoms with van der Waals surface area (Å²) in [6.07, 6.45) is 1.39.